The summed E-state index contributed by atoms with van der Waals surface area (Å²) in [4.78, 5) is 14.3. The first-order valence-corrected chi connectivity index (χ1v) is 6.70. The summed E-state index contributed by atoms with van der Waals surface area (Å²) < 4.78 is 1.63. The molecule has 0 spiro atoms. The second-order valence-electron chi connectivity index (χ2n) is 4.81. The lowest BCUT2D eigenvalue weighted by Crippen LogP contribution is -2.33. The van der Waals surface area contributed by atoms with Crippen molar-refractivity contribution in [2.24, 2.45) is 12.8 Å². The molecule has 20 heavy (non-hydrogen) atoms. The highest BCUT2D eigenvalue weighted by Gasteiger charge is 2.19. The van der Waals surface area contributed by atoms with Crippen LogP contribution < -0.4 is 10.6 Å². The summed E-state index contributed by atoms with van der Waals surface area (Å²) in [5, 5.41) is 4.18. The van der Waals surface area contributed by atoms with Gasteiger partial charge in [0.15, 0.2) is 5.69 Å². The predicted molar refractivity (Wildman–Crippen MR) is 79.7 cm³/mol. The van der Waals surface area contributed by atoms with E-state index in [2.05, 4.69) is 5.10 Å². The van der Waals surface area contributed by atoms with Crippen molar-refractivity contribution in [2.45, 2.75) is 13.3 Å². The molecule has 0 atom stereocenters. The Hall–Kier alpha value is -2.14. The number of carbonyl (C=O) groups excluding carboxylic acids is 1. The third kappa shape index (κ3) is 3.24. The molecule has 0 unspecified atom stereocenters. The topological polar surface area (TPSA) is 64.2 Å². The third-order valence-electron chi connectivity index (χ3n) is 3.08. The Balaban J connectivity index is 2.29. The highest BCUT2D eigenvalue weighted by atomic mass is 16.2. The predicted octanol–water partition coefficient (Wildman–Crippen LogP) is 1.72. The van der Waals surface area contributed by atoms with E-state index in [0.29, 0.717) is 18.8 Å². The van der Waals surface area contributed by atoms with Gasteiger partial charge in [0.05, 0.1) is 0 Å². The molecule has 1 amide bonds. The lowest BCUT2D eigenvalue weighted by Gasteiger charge is -2.22. The van der Waals surface area contributed by atoms with Gasteiger partial charge in [0.25, 0.3) is 5.91 Å². The zero-order chi connectivity index (χ0) is 14.5. The first-order valence-electron chi connectivity index (χ1n) is 6.70. The number of amides is 1. The summed E-state index contributed by atoms with van der Waals surface area (Å²) in [6, 6.07) is 9.62. The molecule has 0 aliphatic heterocycles. The van der Waals surface area contributed by atoms with Crippen molar-refractivity contribution < 1.29 is 4.79 Å². The lowest BCUT2D eigenvalue weighted by atomic mass is 10.2. The molecule has 5 heteroatoms. The van der Waals surface area contributed by atoms with Crippen LogP contribution in [0.3, 0.4) is 0 Å². The fraction of sp³-hybridized carbons (Fsp3) is 0.333. The van der Waals surface area contributed by atoms with Crippen molar-refractivity contribution in [1.82, 2.24) is 9.78 Å². The monoisotopic (exact) mass is 272 g/mol. The van der Waals surface area contributed by atoms with Gasteiger partial charge in [-0.2, -0.15) is 5.10 Å². The summed E-state index contributed by atoms with van der Waals surface area (Å²) in [5.74, 6) is -0.0929. The quantitative estimate of drug-likeness (QED) is 0.901. The Morgan fingerprint density at radius 2 is 2.20 bits per heavy atom. The molecule has 0 bridgehead atoms. The number of hydrogen-bond acceptors (Lipinski definition) is 3. The molecule has 2 rings (SSSR count). The summed E-state index contributed by atoms with van der Waals surface area (Å²) >= 11 is 0. The summed E-state index contributed by atoms with van der Waals surface area (Å²) in [5.41, 5.74) is 8.02. The number of aryl methyl sites for hydroxylation is 2. The maximum Gasteiger partial charge on any atom is 0.278 e. The van der Waals surface area contributed by atoms with Gasteiger partial charge in [-0.25, -0.2) is 0 Å². The lowest BCUT2D eigenvalue weighted by molar-refractivity contribution is 0.0981. The molecule has 0 saturated carbocycles. The van der Waals surface area contributed by atoms with Crippen molar-refractivity contribution in [3.63, 3.8) is 0 Å². The van der Waals surface area contributed by atoms with Crippen molar-refractivity contribution >= 4 is 11.6 Å². The SMILES string of the molecule is Cc1cccc(N(CCCN)C(=O)c2ccn(C)n2)c1. The average Bonchev–Trinajstić information content (AvgIpc) is 2.86. The largest absolute Gasteiger partial charge is 0.330 e. The Morgan fingerprint density at radius 1 is 1.40 bits per heavy atom. The van der Waals surface area contributed by atoms with E-state index in [0.717, 1.165) is 17.7 Å². The van der Waals surface area contributed by atoms with Crippen LogP contribution >= 0.6 is 0 Å². The Labute approximate surface area is 119 Å². The zero-order valence-corrected chi connectivity index (χ0v) is 11.9. The van der Waals surface area contributed by atoms with Gasteiger partial charge in [0, 0.05) is 25.5 Å². The van der Waals surface area contributed by atoms with Crippen LogP contribution in [0.4, 0.5) is 5.69 Å². The third-order valence-corrected chi connectivity index (χ3v) is 3.08. The molecule has 106 valence electrons. The van der Waals surface area contributed by atoms with Crippen molar-refractivity contribution in [1.29, 1.82) is 0 Å². The van der Waals surface area contributed by atoms with Gasteiger partial charge in [-0.15, -0.1) is 0 Å². The summed E-state index contributed by atoms with van der Waals surface area (Å²) in [6.07, 6.45) is 2.52. The van der Waals surface area contributed by atoms with E-state index in [1.165, 1.54) is 0 Å². The van der Waals surface area contributed by atoms with Gasteiger partial charge < -0.3 is 10.6 Å². The van der Waals surface area contributed by atoms with Crippen LogP contribution in [0.25, 0.3) is 0 Å². The maximum atomic E-state index is 12.6. The molecule has 2 N–H and O–H groups in total. The molecule has 2 aromatic rings. The summed E-state index contributed by atoms with van der Waals surface area (Å²) in [7, 11) is 1.80. The van der Waals surface area contributed by atoms with E-state index in [9.17, 15) is 4.79 Å². The molecule has 0 aliphatic carbocycles. The molecular formula is C15H20N4O. The van der Waals surface area contributed by atoms with Crippen LogP contribution in [0.5, 0.6) is 0 Å². The van der Waals surface area contributed by atoms with E-state index in [4.69, 9.17) is 5.73 Å². The molecular weight excluding hydrogens is 252 g/mol. The molecule has 5 nitrogen and oxygen atoms in total. The number of carbonyl (C=O) groups is 1. The normalized spacial score (nSPS) is 10.6. The van der Waals surface area contributed by atoms with Crippen LogP contribution in [-0.2, 0) is 7.05 Å². The van der Waals surface area contributed by atoms with Gasteiger partial charge in [0.1, 0.15) is 0 Å². The minimum absolute atomic E-state index is 0.0929. The number of nitrogens with two attached hydrogens (primary N) is 1. The standard InChI is InChI=1S/C15H20N4O/c1-12-5-3-6-13(11-12)19(9-4-8-16)15(20)14-7-10-18(2)17-14/h3,5-7,10-11H,4,8-9,16H2,1-2H3. The van der Waals surface area contributed by atoms with E-state index in [1.807, 2.05) is 31.2 Å². The summed E-state index contributed by atoms with van der Waals surface area (Å²) in [6.45, 7) is 3.16. The smallest absolute Gasteiger partial charge is 0.278 e. The van der Waals surface area contributed by atoms with Gasteiger partial charge in [-0.05, 0) is 43.7 Å². The first-order chi connectivity index (χ1) is 9.61. The second-order valence-corrected chi connectivity index (χ2v) is 4.81. The molecule has 1 heterocycles. The number of rotatable bonds is 5. The molecule has 0 radical (unpaired) electrons. The Kier molecular flexibility index (Phi) is 4.53. The number of aromatic nitrogens is 2. The minimum Gasteiger partial charge on any atom is -0.330 e. The number of nitrogens with zero attached hydrogens (tertiary/aromatic N) is 3. The first kappa shape index (κ1) is 14.3. The van der Waals surface area contributed by atoms with Crippen LogP contribution in [0.15, 0.2) is 36.5 Å². The molecule has 0 aliphatic rings. The van der Waals surface area contributed by atoms with Gasteiger partial charge >= 0.3 is 0 Å². The average molecular weight is 272 g/mol. The number of hydrogen-bond donors (Lipinski definition) is 1. The zero-order valence-electron chi connectivity index (χ0n) is 11.9. The fourth-order valence-corrected chi connectivity index (χ4v) is 2.06. The van der Waals surface area contributed by atoms with Crippen LogP contribution in [0.1, 0.15) is 22.5 Å². The fourth-order valence-electron chi connectivity index (χ4n) is 2.06. The van der Waals surface area contributed by atoms with Crippen molar-refractivity contribution in [3.05, 3.63) is 47.8 Å². The van der Waals surface area contributed by atoms with Crippen LogP contribution in [0.2, 0.25) is 0 Å². The van der Waals surface area contributed by atoms with Gasteiger partial charge in [0.2, 0.25) is 0 Å². The highest BCUT2D eigenvalue weighted by Crippen LogP contribution is 2.18. The highest BCUT2D eigenvalue weighted by molar-refractivity contribution is 6.04. The molecule has 1 aromatic carbocycles. The minimum atomic E-state index is -0.0929. The van der Waals surface area contributed by atoms with Gasteiger partial charge in [-0.3, -0.25) is 9.48 Å². The Morgan fingerprint density at radius 3 is 2.80 bits per heavy atom. The second kappa shape index (κ2) is 6.34. The number of anilines is 1. The van der Waals surface area contributed by atoms with Gasteiger partial charge in [-0.1, -0.05) is 12.1 Å². The Bertz CT molecular complexity index is 591. The van der Waals surface area contributed by atoms with E-state index in [-0.39, 0.29) is 5.91 Å². The van der Waals surface area contributed by atoms with Crippen molar-refractivity contribution in [3.8, 4) is 0 Å². The number of benzene rings is 1. The maximum absolute atomic E-state index is 12.6. The van der Waals surface area contributed by atoms with E-state index < -0.39 is 0 Å². The van der Waals surface area contributed by atoms with E-state index >= 15 is 0 Å². The molecule has 0 saturated heterocycles. The van der Waals surface area contributed by atoms with E-state index in [1.54, 1.807) is 28.9 Å². The van der Waals surface area contributed by atoms with Crippen LogP contribution in [0, 0.1) is 6.92 Å². The molecule has 0 fully saturated rings. The van der Waals surface area contributed by atoms with Crippen LogP contribution in [-0.4, -0.2) is 28.8 Å². The molecule has 1 aromatic heterocycles. The van der Waals surface area contributed by atoms with Crippen molar-refractivity contribution in [2.75, 3.05) is 18.0 Å².